The van der Waals surface area contributed by atoms with Gasteiger partial charge in [-0.1, -0.05) is 30.0 Å². The summed E-state index contributed by atoms with van der Waals surface area (Å²) in [6, 6.07) is 9.91. The number of oxazole rings is 1. The van der Waals surface area contributed by atoms with Gasteiger partial charge in [-0.25, -0.2) is 9.97 Å². The highest BCUT2D eigenvalue weighted by molar-refractivity contribution is 8.00. The number of hydrogen-bond donors (Lipinski definition) is 0. The monoisotopic (exact) mass is 274 g/mol. The first-order chi connectivity index (χ1) is 8.92. The maximum Gasteiger partial charge on any atom is 0.226 e. The zero-order valence-electron chi connectivity index (χ0n) is 9.45. The predicted octanol–water partition coefficient (Wildman–Crippen LogP) is 4.09. The topological polar surface area (TPSA) is 38.9 Å². The molecule has 3 aromatic rings. The summed E-state index contributed by atoms with van der Waals surface area (Å²) in [5.74, 6) is 1.45. The first-order valence-electron chi connectivity index (χ1n) is 5.44. The van der Waals surface area contributed by atoms with Gasteiger partial charge in [0.1, 0.15) is 10.6 Å². The molecule has 1 aromatic carbocycles. The highest BCUT2D eigenvalue weighted by Gasteiger charge is 2.07. The van der Waals surface area contributed by atoms with Gasteiger partial charge < -0.3 is 4.42 Å². The number of thiazole rings is 1. The highest BCUT2D eigenvalue weighted by atomic mass is 32.2. The molecule has 0 N–H and O–H groups in total. The molecule has 0 bridgehead atoms. The molecule has 3 rings (SSSR count). The van der Waals surface area contributed by atoms with Crippen molar-refractivity contribution in [3.05, 3.63) is 53.9 Å². The molecule has 5 heteroatoms. The second kappa shape index (κ2) is 5.37. The molecule has 0 aliphatic heterocycles. The molecule has 2 heterocycles. The molecule has 0 saturated heterocycles. The highest BCUT2D eigenvalue weighted by Crippen LogP contribution is 2.25. The van der Waals surface area contributed by atoms with Crippen molar-refractivity contribution in [3.63, 3.8) is 0 Å². The van der Waals surface area contributed by atoms with Crippen LogP contribution >= 0.6 is 23.1 Å². The van der Waals surface area contributed by atoms with Crippen LogP contribution in [0.3, 0.4) is 0 Å². The Hall–Kier alpha value is -1.59. The molecule has 2 aromatic heterocycles. The summed E-state index contributed by atoms with van der Waals surface area (Å²) in [5, 5.41) is 1.97. The van der Waals surface area contributed by atoms with E-state index in [0.29, 0.717) is 5.89 Å². The Morgan fingerprint density at radius 1 is 1.22 bits per heavy atom. The fraction of sp³-hybridized carbons (Fsp3) is 0.0769. The maximum atomic E-state index is 5.48. The zero-order chi connectivity index (χ0) is 12.2. The van der Waals surface area contributed by atoms with Crippen LogP contribution in [0.5, 0.6) is 0 Å². The average Bonchev–Trinajstić information content (AvgIpc) is 3.09. The first kappa shape index (κ1) is 11.5. The zero-order valence-corrected chi connectivity index (χ0v) is 11.1. The van der Waals surface area contributed by atoms with Crippen LogP contribution in [0.1, 0.15) is 5.69 Å². The molecule has 18 heavy (non-hydrogen) atoms. The molecule has 0 fully saturated rings. The van der Waals surface area contributed by atoms with Gasteiger partial charge in [-0.05, 0) is 12.1 Å². The standard InChI is InChI=1S/C13H10N2OS2/c1-2-4-10(5-3-1)12-15-11(8-16-12)9-18-13-14-6-7-17-13/h1-8H,9H2. The minimum atomic E-state index is 0.672. The van der Waals surface area contributed by atoms with Crippen LogP contribution in [-0.2, 0) is 5.75 Å². The van der Waals surface area contributed by atoms with Crippen molar-refractivity contribution < 1.29 is 4.42 Å². The summed E-state index contributed by atoms with van der Waals surface area (Å²) in [6.45, 7) is 0. The van der Waals surface area contributed by atoms with E-state index in [0.717, 1.165) is 21.3 Å². The Kier molecular flexibility index (Phi) is 3.43. The Morgan fingerprint density at radius 3 is 2.89 bits per heavy atom. The molecule has 0 unspecified atom stereocenters. The fourth-order valence-electron chi connectivity index (χ4n) is 1.50. The summed E-state index contributed by atoms with van der Waals surface area (Å²) >= 11 is 3.31. The first-order valence-corrected chi connectivity index (χ1v) is 7.30. The molecular weight excluding hydrogens is 264 g/mol. The Bertz CT molecular complexity index is 605. The van der Waals surface area contributed by atoms with Gasteiger partial charge in [0.2, 0.25) is 5.89 Å². The third-order valence-electron chi connectivity index (χ3n) is 2.33. The molecule has 3 nitrogen and oxygen atoms in total. The van der Waals surface area contributed by atoms with E-state index in [-0.39, 0.29) is 0 Å². The van der Waals surface area contributed by atoms with E-state index in [2.05, 4.69) is 9.97 Å². The van der Waals surface area contributed by atoms with Gasteiger partial charge in [-0.15, -0.1) is 11.3 Å². The van der Waals surface area contributed by atoms with Gasteiger partial charge in [0, 0.05) is 22.9 Å². The second-order valence-corrected chi connectivity index (χ2v) is 5.71. The van der Waals surface area contributed by atoms with E-state index in [1.165, 1.54) is 0 Å². The van der Waals surface area contributed by atoms with E-state index in [1.807, 2.05) is 41.9 Å². The second-order valence-electron chi connectivity index (χ2n) is 3.60. The van der Waals surface area contributed by atoms with Crippen molar-refractivity contribution in [2.75, 3.05) is 0 Å². The van der Waals surface area contributed by atoms with E-state index < -0.39 is 0 Å². The molecule has 0 spiro atoms. The molecule has 90 valence electrons. The van der Waals surface area contributed by atoms with Crippen molar-refractivity contribution in [1.82, 2.24) is 9.97 Å². The summed E-state index contributed by atoms with van der Waals surface area (Å²) in [6.07, 6.45) is 3.52. The average molecular weight is 274 g/mol. The smallest absolute Gasteiger partial charge is 0.226 e. The van der Waals surface area contributed by atoms with Crippen molar-refractivity contribution >= 4 is 23.1 Å². The van der Waals surface area contributed by atoms with Gasteiger partial charge in [0.15, 0.2) is 0 Å². The van der Waals surface area contributed by atoms with Crippen LogP contribution < -0.4 is 0 Å². The van der Waals surface area contributed by atoms with Crippen molar-refractivity contribution in [2.24, 2.45) is 0 Å². The van der Waals surface area contributed by atoms with Crippen LogP contribution in [0, 0.1) is 0 Å². The summed E-state index contributed by atoms with van der Waals surface area (Å²) < 4.78 is 6.53. The molecule has 0 saturated carbocycles. The van der Waals surface area contributed by atoms with Gasteiger partial charge in [-0.2, -0.15) is 0 Å². The largest absolute Gasteiger partial charge is 0.444 e. The lowest BCUT2D eigenvalue weighted by Gasteiger charge is -1.93. The minimum absolute atomic E-state index is 0.672. The summed E-state index contributed by atoms with van der Waals surface area (Å²) in [4.78, 5) is 8.69. The molecule has 0 atom stereocenters. The SMILES string of the molecule is c1ccc(-c2nc(CSc3nccs3)co2)cc1. The van der Waals surface area contributed by atoms with E-state index >= 15 is 0 Å². The Morgan fingerprint density at radius 2 is 2.11 bits per heavy atom. The molecule has 0 amide bonds. The quantitative estimate of drug-likeness (QED) is 0.672. The molecule has 0 aliphatic rings. The minimum Gasteiger partial charge on any atom is -0.444 e. The lowest BCUT2D eigenvalue weighted by molar-refractivity contribution is 0.573. The van der Waals surface area contributed by atoms with Gasteiger partial charge in [0.05, 0.1) is 5.69 Å². The van der Waals surface area contributed by atoms with Crippen LogP contribution in [0.4, 0.5) is 0 Å². The van der Waals surface area contributed by atoms with Gasteiger partial charge >= 0.3 is 0 Å². The fourth-order valence-corrected chi connectivity index (χ4v) is 3.02. The number of rotatable bonds is 4. The van der Waals surface area contributed by atoms with Gasteiger partial charge in [-0.3, -0.25) is 0 Å². The molecule has 0 radical (unpaired) electrons. The number of aromatic nitrogens is 2. The summed E-state index contributed by atoms with van der Waals surface area (Å²) in [5.41, 5.74) is 1.94. The van der Waals surface area contributed by atoms with Crippen LogP contribution in [-0.4, -0.2) is 9.97 Å². The normalized spacial score (nSPS) is 10.7. The van der Waals surface area contributed by atoms with Crippen LogP contribution in [0.15, 0.2) is 56.9 Å². The Balaban J connectivity index is 1.70. The van der Waals surface area contributed by atoms with Crippen molar-refractivity contribution in [2.45, 2.75) is 10.1 Å². The third kappa shape index (κ3) is 2.63. The van der Waals surface area contributed by atoms with Crippen molar-refractivity contribution in [1.29, 1.82) is 0 Å². The third-order valence-corrected chi connectivity index (χ3v) is 4.33. The maximum absolute atomic E-state index is 5.48. The van der Waals surface area contributed by atoms with Crippen LogP contribution in [0.25, 0.3) is 11.5 Å². The van der Waals surface area contributed by atoms with Gasteiger partial charge in [0.25, 0.3) is 0 Å². The summed E-state index contributed by atoms with van der Waals surface area (Å²) in [7, 11) is 0. The van der Waals surface area contributed by atoms with Crippen LogP contribution in [0.2, 0.25) is 0 Å². The number of thioether (sulfide) groups is 1. The number of nitrogens with zero attached hydrogens (tertiary/aromatic N) is 2. The van der Waals surface area contributed by atoms with E-state index in [4.69, 9.17) is 4.42 Å². The molecular formula is C13H10N2OS2. The predicted molar refractivity (Wildman–Crippen MR) is 73.6 cm³/mol. The number of benzene rings is 1. The lowest BCUT2D eigenvalue weighted by atomic mass is 10.2. The lowest BCUT2D eigenvalue weighted by Crippen LogP contribution is -1.81. The number of hydrogen-bond acceptors (Lipinski definition) is 5. The molecule has 0 aliphatic carbocycles. The van der Waals surface area contributed by atoms with E-state index in [9.17, 15) is 0 Å². The Labute approximate surface area is 113 Å². The van der Waals surface area contributed by atoms with E-state index in [1.54, 1.807) is 29.4 Å². The van der Waals surface area contributed by atoms with Crippen molar-refractivity contribution in [3.8, 4) is 11.5 Å².